The topological polar surface area (TPSA) is 72.7 Å². The number of aromatic nitrogens is 4. The van der Waals surface area contributed by atoms with Gasteiger partial charge >= 0.3 is 0 Å². The van der Waals surface area contributed by atoms with Gasteiger partial charge in [-0.2, -0.15) is 4.80 Å². The Labute approximate surface area is 153 Å². The van der Waals surface area contributed by atoms with Crippen molar-refractivity contribution in [3.63, 3.8) is 0 Å². The van der Waals surface area contributed by atoms with Crippen LogP contribution in [0.1, 0.15) is 11.1 Å². The minimum Gasteiger partial charge on any atom is -0.324 e. The Morgan fingerprint density at radius 1 is 1.17 bits per heavy atom. The predicted octanol–water partition coefficient (Wildman–Crippen LogP) is 3.20. The standard InChI is InChI=1S/C17H16IN5O/c1-11-3-5-13(6-4-11)17-20-22-23(21-17)10-16(24)19-15-8-7-14(18)9-12(15)2/h3-9H,10H2,1-2H3,(H,19,24). The van der Waals surface area contributed by atoms with Gasteiger partial charge < -0.3 is 5.32 Å². The van der Waals surface area contributed by atoms with Gasteiger partial charge in [-0.25, -0.2) is 0 Å². The van der Waals surface area contributed by atoms with E-state index >= 15 is 0 Å². The number of aryl methyl sites for hydroxylation is 2. The Bertz CT molecular complexity index is 873. The molecule has 6 nitrogen and oxygen atoms in total. The maximum Gasteiger partial charge on any atom is 0.248 e. The van der Waals surface area contributed by atoms with E-state index in [2.05, 4.69) is 43.3 Å². The summed E-state index contributed by atoms with van der Waals surface area (Å²) in [4.78, 5) is 13.5. The zero-order valence-electron chi connectivity index (χ0n) is 13.3. The quantitative estimate of drug-likeness (QED) is 0.642. The van der Waals surface area contributed by atoms with Gasteiger partial charge in [0, 0.05) is 14.8 Å². The third-order valence-electron chi connectivity index (χ3n) is 3.51. The number of carbonyl (C=O) groups excluding carboxylic acids is 1. The molecular formula is C17H16IN5O. The summed E-state index contributed by atoms with van der Waals surface area (Å²) < 4.78 is 1.13. The molecule has 7 heteroatoms. The highest BCUT2D eigenvalue weighted by Crippen LogP contribution is 2.18. The van der Waals surface area contributed by atoms with Gasteiger partial charge in [-0.15, -0.1) is 10.2 Å². The van der Waals surface area contributed by atoms with Gasteiger partial charge in [0.1, 0.15) is 6.54 Å². The van der Waals surface area contributed by atoms with Crippen LogP contribution in [0.5, 0.6) is 0 Å². The van der Waals surface area contributed by atoms with Crippen molar-refractivity contribution < 1.29 is 4.79 Å². The summed E-state index contributed by atoms with van der Waals surface area (Å²) in [6.07, 6.45) is 0. The van der Waals surface area contributed by atoms with Crippen molar-refractivity contribution >= 4 is 34.2 Å². The molecule has 1 heterocycles. The third kappa shape index (κ3) is 3.97. The SMILES string of the molecule is Cc1ccc(-c2nnn(CC(=O)Nc3ccc(I)cc3C)n2)cc1. The molecule has 0 spiro atoms. The maximum absolute atomic E-state index is 12.2. The van der Waals surface area contributed by atoms with E-state index < -0.39 is 0 Å². The first-order valence-corrected chi connectivity index (χ1v) is 8.50. The predicted molar refractivity (Wildman–Crippen MR) is 101 cm³/mol. The van der Waals surface area contributed by atoms with Crippen molar-refractivity contribution in [2.75, 3.05) is 5.32 Å². The zero-order valence-corrected chi connectivity index (χ0v) is 15.5. The molecule has 24 heavy (non-hydrogen) atoms. The van der Waals surface area contributed by atoms with Gasteiger partial charge in [-0.1, -0.05) is 29.8 Å². The second-order valence-corrected chi connectivity index (χ2v) is 6.76. The van der Waals surface area contributed by atoms with E-state index in [9.17, 15) is 4.79 Å². The van der Waals surface area contributed by atoms with Crippen molar-refractivity contribution in [3.05, 3.63) is 57.2 Å². The summed E-state index contributed by atoms with van der Waals surface area (Å²) in [5, 5.41) is 15.1. The number of nitrogens with one attached hydrogen (secondary N) is 1. The monoisotopic (exact) mass is 433 g/mol. The normalized spacial score (nSPS) is 10.6. The number of hydrogen-bond acceptors (Lipinski definition) is 4. The number of halogens is 1. The lowest BCUT2D eigenvalue weighted by Gasteiger charge is -2.08. The van der Waals surface area contributed by atoms with Crippen LogP contribution < -0.4 is 5.32 Å². The Morgan fingerprint density at radius 2 is 1.92 bits per heavy atom. The van der Waals surface area contributed by atoms with Crippen LogP contribution in [0.2, 0.25) is 0 Å². The molecule has 0 radical (unpaired) electrons. The first kappa shape index (κ1) is 16.6. The number of hydrogen-bond donors (Lipinski definition) is 1. The van der Waals surface area contributed by atoms with Crippen LogP contribution in [0.3, 0.4) is 0 Å². The molecule has 0 saturated heterocycles. The Morgan fingerprint density at radius 3 is 2.62 bits per heavy atom. The molecule has 1 N–H and O–H groups in total. The van der Waals surface area contributed by atoms with Crippen molar-refractivity contribution in [3.8, 4) is 11.4 Å². The largest absolute Gasteiger partial charge is 0.324 e. The molecule has 1 amide bonds. The van der Waals surface area contributed by atoms with Crippen molar-refractivity contribution in [1.29, 1.82) is 0 Å². The van der Waals surface area contributed by atoms with Gasteiger partial charge in [0.05, 0.1) is 0 Å². The van der Waals surface area contributed by atoms with Crippen LogP contribution in [-0.4, -0.2) is 26.1 Å². The zero-order chi connectivity index (χ0) is 17.1. The molecule has 0 aliphatic rings. The summed E-state index contributed by atoms with van der Waals surface area (Å²) in [5.41, 5.74) is 3.85. The van der Waals surface area contributed by atoms with Crippen LogP contribution in [0, 0.1) is 17.4 Å². The lowest BCUT2D eigenvalue weighted by atomic mass is 10.1. The van der Waals surface area contributed by atoms with Gasteiger partial charge in [0.15, 0.2) is 0 Å². The van der Waals surface area contributed by atoms with Crippen molar-refractivity contribution in [2.45, 2.75) is 20.4 Å². The van der Waals surface area contributed by atoms with E-state index in [1.165, 1.54) is 10.4 Å². The average molecular weight is 433 g/mol. The molecule has 0 bridgehead atoms. The smallest absolute Gasteiger partial charge is 0.248 e. The maximum atomic E-state index is 12.2. The Hall–Kier alpha value is -2.29. The van der Waals surface area contributed by atoms with Crippen LogP contribution in [-0.2, 0) is 11.3 Å². The molecular weight excluding hydrogens is 417 g/mol. The van der Waals surface area contributed by atoms with Crippen molar-refractivity contribution in [2.24, 2.45) is 0 Å². The fraction of sp³-hybridized carbons (Fsp3) is 0.176. The fourth-order valence-corrected chi connectivity index (χ4v) is 2.86. The molecule has 0 saturated carbocycles. The molecule has 0 atom stereocenters. The van der Waals surface area contributed by atoms with E-state index in [0.29, 0.717) is 5.82 Å². The summed E-state index contributed by atoms with van der Waals surface area (Å²) in [6, 6.07) is 13.7. The Kier molecular flexibility index (Phi) is 4.89. The van der Waals surface area contributed by atoms with Crippen LogP contribution in [0.4, 0.5) is 5.69 Å². The van der Waals surface area contributed by atoms with Gasteiger partial charge in [-0.3, -0.25) is 4.79 Å². The lowest BCUT2D eigenvalue weighted by Crippen LogP contribution is -2.21. The first-order chi connectivity index (χ1) is 11.5. The second kappa shape index (κ2) is 7.08. The van der Waals surface area contributed by atoms with Gasteiger partial charge in [0.2, 0.25) is 11.7 Å². The molecule has 0 fully saturated rings. The van der Waals surface area contributed by atoms with E-state index in [-0.39, 0.29) is 12.5 Å². The highest BCUT2D eigenvalue weighted by molar-refractivity contribution is 14.1. The number of amides is 1. The third-order valence-corrected chi connectivity index (χ3v) is 4.18. The summed E-state index contributed by atoms with van der Waals surface area (Å²) in [5.74, 6) is 0.320. The van der Waals surface area contributed by atoms with Crippen LogP contribution in [0.15, 0.2) is 42.5 Å². The molecule has 0 aliphatic heterocycles. The summed E-state index contributed by atoms with van der Waals surface area (Å²) in [6.45, 7) is 4.00. The summed E-state index contributed by atoms with van der Waals surface area (Å²) in [7, 11) is 0. The molecule has 0 unspecified atom stereocenters. The highest BCUT2D eigenvalue weighted by atomic mass is 127. The number of nitrogens with zero attached hydrogens (tertiary/aromatic N) is 4. The molecule has 3 aromatic rings. The first-order valence-electron chi connectivity index (χ1n) is 7.42. The molecule has 0 aliphatic carbocycles. The fourth-order valence-electron chi connectivity index (χ4n) is 2.21. The number of tetrazole rings is 1. The van der Waals surface area contributed by atoms with Gasteiger partial charge in [-0.05, 0) is 65.4 Å². The van der Waals surface area contributed by atoms with Crippen molar-refractivity contribution in [1.82, 2.24) is 20.2 Å². The van der Waals surface area contributed by atoms with Crippen LogP contribution in [0.25, 0.3) is 11.4 Å². The minimum absolute atomic E-state index is 0.0181. The van der Waals surface area contributed by atoms with E-state index in [4.69, 9.17) is 0 Å². The van der Waals surface area contributed by atoms with Crippen LogP contribution >= 0.6 is 22.6 Å². The molecule has 122 valence electrons. The van der Waals surface area contributed by atoms with E-state index in [1.54, 1.807) is 0 Å². The highest BCUT2D eigenvalue weighted by Gasteiger charge is 2.10. The molecule has 1 aromatic heterocycles. The summed E-state index contributed by atoms with van der Waals surface area (Å²) >= 11 is 2.24. The Balaban J connectivity index is 1.68. The minimum atomic E-state index is -0.188. The number of carbonyl (C=O) groups is 1. The molecule has 3 rings (SSSR count). The average Bonchev–Trinajstić information content (AvgIpc) is 2.99. The second-order valence-electron chi connectivity index (χ2n) is 5.52. The van der Waals surface area contributed by atoms with E-state index in [0.717, 1.165) is 20.4 Å². The van der Waals surface area contributed by atoms with Gasteiger partial charge in [0.25, 0.3) is 0 Å². The number of rotatable bonds is 4. The number of anilines is 1. The molecule has 2 aromatic carbocycles. The lowest BCUT2D eigenvalue weighted by molar-refractivity contribution is -0.117. The van der Waals surface area contributed by atoms with E-state index in [1.807, 2.05) is 56.3 Å². The number of benzene rings is 2.